The van der Waals surface area contributed by atoms with Gasteiger partial charge in [0, 0.05) is 29.3 Å². The second kappa shape index (κ2) is 6.78. The third-order valence-electron chi connectivity index (χ3n) is 3.54. The van der Waals surface area contributed by atoms with Gasteiger partial charge in [-0.15, -0.1) is 0 Å². The van der Waals surface area contributed by atoms with Crippen LogP contribution in [0.4, 0.5) is 5.69 Å². The molecular weight excluding hydrogens is 306 g/mol. The van der Waals surface area contributed by atoms with Crippen LogP contribution in [0.25, 0.3) is 11.3 Å². The Morgan fingerprint density at radius 3 is 2.54 bits per heavy atom. The Kier molecular flexibility index (Phi) is 4.38. The van der Waals surface area contributed by atoms with E-state index in [1.54, 1.807) is 23.2 Å². The van der Waals surface area contributed by atoms with Crippen molar-refractivity contribution in [2.24, 2.45) is 0 Å². The van der Waals surface area contributed by atoms with Crippen molar-refractivity contribution in [1.29, 1.82) is 0 Å². The summed E-state index contributed by atoms with van der Waals surface area (Å²) < 4.78 is 1.65. The van der Waals surface area contributed by atoms with Crippen LogP contribution in [0.1, 0.15) is 10.4 Å². The number of nitro benzene ring substituents is 1. The van der Waals surface area contributed by atoms with E-state index >= 15 is 0 Å². The molecule has 118 valence electrons. The smallest absolute Gasteiger partial charge is 0.287 e. The second-order valence-electron chi connectivity index (χ2n) is 5.21. The molecule has 1 aromatic heterocycles. The molecule has 0 N–H and O–H groups in total. The maximum absolute atomic E-state index is 12.3. The van der Waals surface area contributed by atoms with Crippen molar-refractivity contribution in [2.45, 2.75) is 6.54 Å². The summed E-state index contributed by atoms with van der Waals surface area (Å²) in [7, 11) is 0. The van der Waals surface area contributed by atoms with Crippen molar-refractivity contribution < 1.29 is 14.3 Å². The first-order valence-electron chi connectivity index (χ1n) is 7.31. The number of nitrogens with zero attached hydrogens (tertiary/aromatic N) is 3. The van der Waals surface area contributed by atoms with Gasteiger partial charge in [0.1, 0.15) is 0 Å². The topological polar surface area (TPSA) is 77.0 Å². The summed E-state index contributed by atoms with van der Waals surface area (Å²) in [5.41, 5.74) is 2.02. The Bertz CT molecular complexity index is 878. The van der Waals surface area contributed by atoms with Gasteiger partial charge in [-0.3, -0.25) is 14.9 Å². The molecule has 2 aromatic carbocycles. The van der Waals surface area contributed by atoms with E-state index in [0.717, 1.165) is 11.3 Å². The van der Waals surface area contributed by atoms with Crippen molar-refractivity contribution in [1.82, 2.24) is 4.98 Å². The Morgan fingerprint density at radius 1 is 1.08 bits per heavy atom. The molecule has 0 unspecified atom stereocenters. The van der Waals surface area contributed by atoms with E-state index in [2.05, 4.69) is 4.98 Å². The fraction of sp³-hybridized carbons (Fsp3) is 0.0556. The van der Waals surface area contributed by atoms with Crippen LogP contribution in [0.2, 0.25) is 0 Å². The number of non-ortho nitro benzene ring substituents is 1. The van der Waals surface area contributed by atoms with Gasteiger partial charge in [-0.1, -0.05) is 42.5 Å². The number of Topliss-reactive ketones (excluding diaryl/α,β-unsaturated/α-hetero) is 1. The van der Waals surface area contributed by atoms with Crippen LogP contribution in [-0.2, 0) is 6.54 Å². The first kappa shape index (κ1) is 15.5. The molecule has 0 bridgehead atoms. The number of carbonyl (C=O) groups is 1. The number of carbonyl (C=O) groups excluding carboxylic acids is 1. The molecular formula is C18H14N3O3+. The number of benzene rings is 2. The van der Waals surface area contributed by atoms with E-state index in [1.807, 2.05) is 36.4 Å². The molecule has 0 aliphatic rings. The van der Waals surface area contributed by atoms with Gasteiger partial charge in [-0.2, -0.15) is 0 Å². The van der Waals surface area contributed by atoms with Gasteiger partial charge < -0.3 is 0 Å². The summed E-state index contributed by atoms with van der Waals surface area (Å²) in [6, 6.07) is 17.3. The van der Waals surface area contributed by atoms with Crippen LogP contribution in [-0.4, -0.2) is 15.7 Å². The number of ketones is 1. The van der Waals surface area contributed by atoms with Gasteiger partial charge >= 0.3 is 0 Å². The summed E-state index contributed by atoms with van der Waals surface area (Å²) in [5.74, 6) is -0.210. The molecule has 0 aliphatic carbocycles. The Labute approximate surface area is 138 Å². The first-order chi connectivity index (χ1) is 11.6. The highest BCUT2D eigenvalue weighted by atomic mass is 16.6. The molecule has 0 amide bonds. The molecule has 3 aromatic rings. The predicted molar refractivity (Wildman–Crippen MR) is 87.3 cm³/mol. The molecule has 0 saturated carbocycles. The van der Waals surface area contributed by atoms with E-state index in [1.165, 1.54) is 18.2 Å². The molecule has 1 heterocycles. The molecule has 0 spiro atoms. The number of hydrogen-bond donors (Lipinski definition) is 0. The molecule has 0 aliphatic heterocycles. The van der Waals surface area contributed by atoms with E-state index in [9.17, 15) is 14.9 Å². The molecule has 3 rings (SSSR count). The van der Waals surface area contributed by atoms with Crippen molar-refractivity contribution in [3.8, 4) is 11.3 Å². The van der Waals surface area contributed by atoms with E-state index < -0.39 is 4.92 Å². The fourth-order valence-corrected chi connectivity index (χ4v) is 2.31. The zero-order chi connectivity index (χ0) is 16.9. The van der Waals surface area contributed by atoms with Crippen molar-refractivity contribution in [2.75, 3.05) is 0 Å². The van der Waals surface area contributed by atoms with Gasteiger partial charge in [0.25, 0.3) is 12.0 Å². The lowest BCUT2D eigenvalue weighted by Gasteiger charge is -2.01. The average molecular weight is 320 g/mol. The monoisotopic (exact) mass is 320 g/mol. The van der Waals surface area contributed by atoms with Gasteiger partial charge in [-0.25, -0.2) is 4.57 Å². The first-order valence-corrected chi connectivity index (χ1v) is 7.31. The average Bonchev–Trinajstić information content (AvgIpc) is 2.63. The van der Waals surface area contributed by atoms with Crippen LogP contribution in [0.3, 0.4) is 0 Å². The van der Waals surface area contributed by atoms with Gasteiger partial charge in [0.15, 0.2) is 12.2 Å². The molecule has 24 heavy (non-hydrogen) atoms. The van der Waals surface area contributed by atoms with Crippen LogP contribution >= 0.6 is 0 Å². The lowest BCUT2D eigenvalue weighted by Crippen LogP contribution is -2.37. The lowest BCUT2D eigenvalue weighted by molar-refractivity contribution is -0.686. The lowest BCUT2D eigenvalue weighted by atomic mass is 10.1. The van der Waals surface area contributed by atoms with E-state index in [4.69, 9.17) is 0 Å². The zero-order valence-electron chi connectivity index (χ0n) is 12.7. The molecule has 0 atom stereocenters. The maximum atomic E-state index is 12.3. The minimum atomic E-state index is -0.514. The zero-order valence-corrected chi connectivity index (χ0v) is 12.7. The van der Waals surface area contributed by atoms with Crippen molar-refractivity contribution >= 4 is 11.5 Å². The van der Waals surface area contributed by atoms with Gasteiger partial charge in [-0.05, 0) is 4.98 Å². The fourth-order valence-electron chi connectivity index (χ4n) is 2.31. The third-order valence-corrected chi connectivity index (χ3v) is 3.54. The third kappa shape index (κ3) is 3.49. The van der Waals surface area contributed by atoms with Crippen LogP contribution in [0.5, 0.6) is 0 Å². The highest BCUT2D eigenvalue weighted by molar-refractivity contribution is 5.95. The number of nitro groups is 1. The summed E-state index contributed by atoms with van der Waals surface area (Å²) >= 11 is 0. The van der Waals surface area contributed by atoms with Gasteiger partial charge in [0.2, 0.25) is 5.78 Å². The van der Waals surface area contributed by atoms with Crippen molar-refractivity contribution in [3.05, 3.63) is 88.9 Å². The summed E-state index contributed by atoms with van der Waals surface area (Å²) in [5, 5.41) is 10.8. The largest absolute Gasteiger partial charge is 0.290 e. The normalized spacial score (nSPS) is 10.3. The van der Waals surface area contributed by atoms with Crippen LogP contribution in [0.15, 0.2) is 73.2 Å². The SMILES string of the molecule is O=C(C[n+]1ccc(-c2ccccc2)nc1)c1cccc([N+](=O)[O-])c1. The summed E-state index contributed by atoms with van der Waals surface area (Å²) in [4.78, 5) is 26.9. The molecule has 6 heteroatoms. The number of hydrogen-bond acceptors (Lipinski definition) is 4. The highest BCUT2D eigenvalue weighted by Gasteiger charge is 2.14. The maximum Gasteiger partial charge on any atom is 0.287 e. The predicted octanol–water partition coefficient (Wildman–Crippen LogP) is 2.83. The molecule has 0 saturated heterocycles. The highest BCUT2D eigenvalue weighted by Crippen LogP contribution is 2.15. The Balaban J connectivity index is 1.75. The second-order valence-corrected chi connectivity index (χ2v) is 5.21. The van der Waals surface area contributed by atoms with E-state index in [0.29, 0.717) is 5.56 Å². The van der Waals surface area contributed by atoms with Crippen molar-refractivity contribution in [3.63, 3.8) is 0 Å². The molecule has 6 nitrogen and oxygen atoms in total. The quantitative estimate of drug-likeness (QED) is 0.313. The Morgan fingerprint density at radius 2 is 1.88 bits per heavy atom. The van der Waals surface area contributed by atoms with Crippen LogP contribution in [0, 0.1) is 10.1 Å². The minimum Gasteiger partial charge on any atom is -0.290 e. The Hall–Kier alpha value is -3.41. The minimum absolute atomic E-state index is 0.0727. The summed E-state index contributed by atoms with van der Waals surface area (Å²) in [6.07, 6.45) is 3.35. The van der Waals surface area contributed by atoms with Gasteiger partial charge in [0.05, 0.1) is 11.1 Å². The number of aromatic nitrogens is 2. The molecule has 0 fully saturated rings. The molecule has 0 radical (unpaired) electrons. The number of rotatable bonds is 5. The standard InChI is InChI=1S/C18H14N3O3/c22-18(15-7-4-8-16(11-15)21(23)24)12-20-10-9-17(19-13-20)14-5-2-1-3-6-14/h1-11,13H,12H2/q+1. The van der Waals surface area contributed by atoms with Crippen LogP contribution < -0.4 is 4.57 Å². The van der Waals surface area contributed by atoms with E-state index in [-0.39, 0.29) is 18.0 Å². The summed E-state index contributed by atoms with van der Waals surface area (Å²) in [6.45, 7) is 0.0727.